The van der Waals surface area contributed by atoms with E-state index >= 15 is 0 Å². The fourth-order valence-corrected chi connectivity index (χ4v) is 2.70. The van der Waals surface area contributed by atoms with Crippen LogP contribution in [0.1, 0.15) is 10.4 Å². The highest BCUT2D eigenvalue weighted by Crippen LogP contribution is 2.22. The average molecular weight is 271 g/mol. The van der Waals surface area contributed by atoms with E-state index in [1.165, 1.54) is 14.9 Å². The lowest BCUT2D eigenvalue weighted by atomic mass is 10.3. The Morgan fingerprint density at radius 3 is 2.93 bits per heavy atom. The van der Waals surface area contributed by atoms with Crippen LogP contribution in [0.5, 0.6) is 0 Å². The van der Waals surface area contributed by atoms with Crippen LogP contribution in [0, 0.1) is 0 Å². The molecule has 4 heteroatoms. The monoisotopic (exact) mass is 270 g/mol. The number of aromatic amines is 1. The van der Waals surface area contributed by atoms with Gasteiger partial charge >= 0.3 is 0 Å². The van der Waals surface area contributed by atoms with E-state index in [-0.39, 0.29) is 0 Å². The number of hydrogen-bond acceptors (Lipinski definition) is 2. The van der Waals surface area contributed by atoms with Gasteiger partial charge in [-0.1, -0.05) is 0 Å². The van der Waals surface area contributed by atoms with E-state index in [0.717, 1.165) is 13.1 Å². The van der Waals surface area contributed by atoms with Gasteiger partial charge < -0.3 is 10.3 Å². The zero-order valence-corrected chi connectivity index (χ0v) is 9.99. The van der Waals surface area contributed by atoms with E-state index in [1.54, 1.807) is 11.3 Å². The molecule has 0 fully saturated rings. The van der Waals surface area contributed by atoms with Gasteiger partial charge in [0.05, 0.1) is 0 Å². The number of nitrogens with one attached hydrogen (secondary N) is 2. The van der Waals surface area contributed by atoms with Crippen molar-refractivity contribution in [2.24, 2.45) is 0 Å². The summed E-state index contributed by atoms with van der Waals surface area (Å²) in [5.74, 6) is 0. The first-order valence-electron chi connectivity index (χ1n) is 4.40. The molecule has 2 heterocycles. The molecule has 2 aromatic heterocycles. The molecule has 2 N–H and O–H groups in total. The van der Waals surface area contributed by atoms with Gasteiger partial charge in [-0.2, -0.15) is 0 Å². The van der Waals surface area contributed by atoms with Crippen molar-refractivity contribution in [2.75, 3.05) is 0 Å². The van der Waals surface area contributed by atoms with Crippen LogP contribution in [0.15, 0.2) is 34.4 Å². The summed E-state index contributed by atoms with van der Waals surface area (Å²) in [5.41, 5.74) is 1.29. The predicted octanol–water partition coefficient (Wildman–Crippen LogP) is 3.13. The minimum atomic E-state index is 0.911. The molecule has 0 aromatic carbocycles. The van der Waals surface area contributed by atoms with Gasteiger partial charge in [0.15, 0.2) is 0 Å². The zero-order chi connectivity index (χ0) is 9.80. The van der Waals surface area contributed by atoms with Crippen LogP contribution in [0.2, 0.25) is 0 Å². The first-order valence-corrected chi connectivity index (χ1v) is 6.08. The first-order chi connectivity index (χ1) is 6.86. The maximum Gasteiger partial charge on any atom is 0.0327 e. The Balaban J connectivity index is 1.81. The fraction of sp³-hybridized carbons (Fsp3) is 0.200. The van der Waals surface area contributed by atoms with Crippen LogP contribution in [-0.4, -0.2) is 4.98 Å². The van der Waals surface area contributed by atoms with Crippen molar-refractivity contribution in [3.05, 3.63) is 44.8 Å². The number of halogens is 1. The van der Waals surface area contributed by atoms with Crippen LogP contribution in [0.25, 0.3) is 0 Å². The highest BCUT2D eigenvalue weighted by Gasteiger charge is 2.00. The minimum absolute atomic E-state index is 0.911. The van der Waals surface area contributed by atoms with Gasteiger partial charge in [0.1, 0.15) is 0 Å². The van der Waals surface area contributed by atoms with E-state index in [0.29, 0.717) is 0 Å². The Kier molecular flexibility index (Phi) is 3.39. The molecule has 2 nitrogen and oxygen atoms in total. The maximum atomic E-state index is 3.51. The van der Waals surface area contributed by atoms with Crippen molar-refractivity contribution in [2.45, 2.75) is 13.1 Å². The van der Waals surface area contributed by atoms with Crippen LogP contribution >= 0.6 is 27.3 Å². The lowest BCUT2D eigenvalue weighted by Gasteiger charge is -2.01. The largest absolute Gasteiger partial charge is 0.367 e. The third-order valence-corrected chi connectivity index (χ3v) is 3.89. The van der Waals surface area contributed by atoms with Gasteiger partial charge in [-0.05, 0) is 39.0 Å². The second kappa shape index (κ2) is 4.77. The van der Waals surface area contributed by atoms with Crippen molar-refractivity contribution < 1.29 is 0 Å². The molecular weight excluding hydrogens is 260 g/mol. The smallest absolute Gasteiger partial charge is 0.0327 e. The molecule has 0 amide bonds. The molecular formula is C10H11BrN2S. The van der Waals surface area contributed by atoms with Crippen molar-refractivity contribution >= 4 is 27.3 Å². The van der Waals surface area contributed by atoms with Gasteiger partial charge in [-0.3, -0.25) is 0 Å². The number of H-pyrrole nitrogens is 1. The topological polar surface area (TPSA) is 27.8 Å². The molecule has 0 aliphatic rings. The third-order valence-electron chi connectivity index (χ3n) is 1.97. The summed E-state index contributed by atoms with van der Waals surface area (Å²) in [6.45, 7) is 1.83. The van der Waals surface area contributed by atoms with Gasteiger partial charge in [-0.25, -0.2) is 0 Å². The predicted molar refractivity (Wildman–Crippen MR) is 63.4 cm³/mol. The van der Waals surface area contributed by atoms with E-state index in [9.17, 15) is 0 Å². The summed E-state index contributed by atoms with van der Waals surface area (Å²) in [6, 6.07) is 4.16. The summed E-state index contributed by atoms with van der Waals surface area (Å²) in [7, 11) is 0. The minimum Gasteiger partial charge on any atom is -0.367 e. The van der Waals surface area contributed by atoms with Crippen LogP contribution < -0.4 is 5.32 Å². The fourth-order valence-electron chi connectivity index (χ4n) is 1.24. The number of aromatic nitrogens is 1. The van der Waals surface area contributed by atoms with E-state index in [2.05, 4.69) is 43.7 Å². The van der Waals surface area contributed by atoms with Gasteiger partial charge in [-0.15, -0.1) is 11.3 Å². The third kappa shape index (κ3) is 2.47. The van der Waals surface area contributed by atoms with Gasteiger partial charge in [0.25, 0.3) is 0 Å². The second-order valence-electron chi connectivity index (χ2n) is 3.01. The molecule has 14 heavy (non-hydrogen) atoms. The van der Waals surface area contributed by atoms with Crippen LogP contribution in [-0.2, 0) is 13.1 Å². The van der Waals surface area contributed by atoms with Crippen LogP contribution in [0.4, 0.5) is 0 Å². The summed E-state index contributed by atoms with van der Waals surface area (Å²) >= 11 is 5.28. The van der Waals surface area contributed by atoms with Crippen molar-refractivity contribution in [3.63, 3.8) is 0 Å². The molecule has 2 rings (SSSR count). The lowest BCUT2D eigenvalue weighted by molar-refractivity contribution is 0.700. The Morgan fingerprint density at radius 2 is 2.29 bits per heavy atom. The molecule has 0 aliphatic heterocycles. The van der Waals surface area contributed by atoms with E-state index < -0.39 is 0 Å². The molecule has 0 saturated carbocycles. The standard InChI is InChI=1S/C10H11BrN2S/c11-9-2-4-14-10(9)7-13-6-8-1-3-12-5-8/h1-5,12-13H,6-7H2. The Morgan fingerprint density at radius 1 is 1.36 bits per heavy atom. The summed E-state index contributed by atoms with van der Waals surface area (Å²) in [6.07, 6.45) is 3.95. The van der Waals surface area contributed by atoms with Crippen molar-refractivity contribution in [3.8, 4) is 0 Å². The molecule has 0 atom stereocenters. The molecule has 0 radical (unpaired) electrons. The second-order valence-corrected chi connectivity index (χ2v) is 4.87. The van der Waals surface area contributed by atoms with Gasteiger partial charge in [0.2, 0.25) is 0 Å². The Bertz CT molecular complexity index is 380. The lowest BCUT2D eigenvalue weighted by Crippen LogP contribution is -2.11. The molecule has 0 spiro atoms. The van der Waals surface area contributed by atoms with Crippen molar-refractivity contribution in [1.29, 1.82) is 0 Å². The summed E-state index contributed by atoms with van der Waals surface area (Å²) < 4.78 is 1.20. The Labute approximate surface area is 95.5 Å². The van der Waals surface area contributed by atoms with Crippen molar-refractivity contribution in [1.82, 2.24) is 10.3 Å². The summed E-state index contributed by atoms with van der Waals surface area (Å²) in [4.78, 5) is 4.39. The first kappa shape index (κ1) is 9.96. The number of rotatable bonds is 4. The summed E-state index contributed by atoms with van der Waals surface area (Å²) in [5, 5.41) is 5.49. The maximum absolute atomic E-state index is 3.51. The molecule has 0 bridgehead atoms. The normalized spacial score (nSPS) is 10.6. The molecule has 2 aromatic rings. The van der Waals surface area contributed by atoms with Crippen LogP contribution in [0.3, 0.4) is 0 Å². The molecule has 74 valence electrons. The van der Waals surface area contributed by atoms with E-state index in [1.807, 2.05) is 12.4 Å². The Hall–Kier alpha value is -0.580. The highest BCUT2D eigenvalue weighted by molar-refractivity contribution is 9.10. The number of hydrogen-bond donors (Lipinski definition) is 2. The van der Waals surface area contributed by atoms with E-state index in [4.69, 9.17) is 0 Å². The molecule has 0 saturated heterocycles. The highest BCUT2D eigenvalue weighted by atomic mass is 79.9. The average Bonchev–Trinajstić information content (AvgIpc) is 2.78. The quantitative estimate of drug-likeness (QED) is 0.878. The number of thiophene rings is 1. The molecule has 0 aliphatic carbocycles. The SMILES string of the molecule is Brc1ccsc1CNCc1cc[nH]c1. The van der Waals surface area contributed by atoms with Gasteiger partial charge in [0, 0.05) is 34.8 Å². The molecule has 0 unspecified atom stereocenters. The zero-order valence-electron chi connectivity index (χ0n) is 7.59.